The lowest BCUT2D eigenvalue weighted by atomic mass is 9.79. The summed E-state index contributed by atoms with van der Waals surface area (Å²) in [6.07, 6.45) is -7.84. The Kier molecular flexibility index (Phi) is 7.39. The molecule has 1 heterocycles. The van der Waals surface area contributed by atoms with Gasteiger partial charge in [-0.25, -0.2) is 0 Å². The molecule has 1 aliphatic heterocycles. The van der Waals surface area contributed by atoms with Crippen molar-refractivity contribution in [2.45, 2.75) is 62.6 Å². The average Bonchev–Trinajstić information content (AvgIpc) is 3.66. The van der Waals surface area contributed by atoms with E-state index in [0.29, 0.717) is 31.5 Å². The van der Waals surface area contributed by atoms with Gasteiger partial charge in [0, 0.05) is 12.6 Å². The van der Waals surface area contributed by atoms with Crippen molar-refractivity contribution in [2.75, 3.05) is 13.2 Å². The maximum atomic E-state index is 13.3. The molecule has 2 aromatic rings. The zero-order chi connectivity index (χ0) is 26.1. The molecule has 0 spiro atoms. The minimum Gasteiger partial charge on any atom is -0.372 e. The minimum atomic E-state index is -4.93. The SMILES string of the molecule is C[C@@H](OCC1(c2ccccc2)CCC(C(=O)NC2CC2)CN1)c1cc(C(F)(F)F)cc(C(F)(F)F)c1. The number of hydrogen-bond donors (Lipinski definition) is 2. The van der Waals surface area contributed by atoms with Crippen LogP contribution in [0.3, 0.4) is 0 Å². The van der Waals surface area contributed by atoms with Crippen LogP contribution in [0.5, 0.6) is 0 Å². The molecule has 10 heteroatoms. The molecule has 0 radical (unpaired) electrons. The topological polar surface area (TPSA) is 50.4 Å². The van der Waals surface area contributed by atoms with E-state index in [1.165, 1.54) is 6.92 Å². The smallest absolute Gasteiger partial charge is 0.372 e. The molecule has 196 valence electrons. The molecule has 36 heavy (non-hydrogen) atoms. The highest BCUT2D eigenvalue weighted by Crippen LogP contribution is 2.39. The molecule has 1 amide bonds. The molecule has 4 nitrogen and oxygen atoms in total. The van der Waals surface area contributed by atoms with Crippen molar-refractivity contribution in [1.82, 2.24) is 10.6 Å². The highest BCUT2D eigenvalue weighted by molar-refractivity contribution is 5.79. The third-order valence-electron chi connectivity index (χ3n) is 6.89. The van der Waals surface area contributed by atoms with E-state index >= 15 is 0 Å². The molecular formula is C26H28F6N2O2. The van der Waals surface area contributed by atoms with Gasteiger partial charge in [-0.2, -0.15) is 26.3 Å². The molecule has 1 saturated heterocycles. The second-order valence-electron chi connectivity index (χ2n) is 9.64. The number of benzene rings is 2. The Morgan fingerprint density at radius 1 is 1.03 bits per heavy atom. The Bertz CT molecular complexity index is 1030. The molecule has 2 aromatic carbocycles. The summed E-state index contributed by atoms with van der Waals surface area (Å²) in [5.41, 5.74) is -2.82. The van der Waals surface area contributed by atoms with Gasteiger partial charge in [-0.15, -0.1) is 0 Å². The molecule has 3 atom stereocenters. The van der Waals surface area contributed by atoms with Gasteiger partial charge in [-0.3, -0.25) is 4.79 Å². The zero-order valence-electron chi connectivity index (χ0n) is 19.7. The Morgan fingerprint density at radius 2 is 1.64 bits per heavy atom. The lowest BCUT2D eigenvalue weighted by Crippen LogP contribution is -2.54. The van der Waals surface area contributed by atoms with E-state index in [1.807, 2.05) is 30.3 Å². The summed E-state index contributed by atoms with van der Waals surface area (Å²) in [6, 6.07) is 11.1. The van der Waals surface area contributed by atoms with Gasteiger partial charge in [-0.1, -0.05) is 30.3 Å². The van der Waals surface area contributed by atoms with E-state index in [4.69, 9.17) is 4.74 Å². The van der Waals surface area contributed by atoms with Crippen LogP contribution in [0, 0.1) is 5.92 Å². The third kappa shape index (κ3) is 6.21. The third-order valence-corrected chi connectivity index (χ3v) is 6.89. The van der Waals surface area contributed by atoms with Crippen molar-refractivity contribution in [3.8, 4) is 0 Å². The largest absolute Gasteiger partial charge is 0.416 e. The van der Waals surface area contributed by atoms with Crippen molar-refractivity contribution >= 4 is 5.91 Å². The molecule has 1 aliphatic carbocycles. The van der Waals surface area contributed by atoms with Gasteiger partial charge in [-0.05, 0) is 61.9 Å². The lowest BCUT2D eigenvalue weighted by Gasteiger charge is -2.42. The van der Waals surface area contributed by atoms with Gasteiger partial charge >= 0.3 is 12.4 Å². The fraction of sp³-hybridized carbons (Fsp3) is 0.500. The molecule has 2 N–H and O–H groups in total. The van der Waals surface area contributed by atoms with Crippen LogP contribution in [0.4, 0.5) is 26.3 Å². The number of ether oxygens (including phenoxy) is 1. The van der Waals surface area contributed by atoms with Crippen LogP contribution < -0.4 is 10.6 Å². The van der Waals surface area contributed by atoms with Crippen molar-refractivity contribution in [1.29, 1.82) is 0 Å². The summed E-state index contributed by atoms with van der Waals surface area (Å²) >= 11 is 0. The predicted molar refractivity (Wildman–Crippen MR) is 121 cm³/mol. The molecule has 0 aromatic heterocycles. The maximum absolute atomic E-state index is 13.3. The van der Waals surface area contributed by atoms with Crippen molar-refractivity contribution in [3.63, 3.8) is 0 Å². The van der Waals surface area contributed by atoms with Crippen molar-refractivity contribution in [3.05, 3.63) is 70.8 Å². The van der Waals surface area contributed by atoms with E-state index in [9.17, 15) is 31.1 Å². The first-order valence-electron chi connectivity index (χ1n) is 11.9. The average molecular weight is 515 g/mol. The Morgan fingerprint density at radius 3 is 2.14 bits per heavy atom. The monoisotopic (exact) mass is 514 g/mol. The minimum absolute atomic E-state index is 0.00669. The Hall–Kier alpha value is -2.59. The van der Waals surface area contributed by atoms with Crippen molar-refractivity contribution in [2.24, 2.45) is 5.92 Å². The quantitative estimate of drug-likeness (QED) is 0.448. The zero-order valence-corrected chi connectivity index (χ0v) is 19.7. The first-order chi connectivity index (χ1) is 16.9. The number of halogens is 6. The van der Waals surface area contributed by atoms with E-state index in [1.54, 1.807) is 0 Å². The number of piperidine rings is 1. The standard InChI is InChI=1S/C26H28F6N2O2/c1-16(18-11-20(25(27,28)29)13-21(12-18)26(30,31)32)36-15-24(19-5-3-2-4-6-19)10-9-17(14-33-24)23(35)34-22-7-8-22/h2-6,11-13,16-17,22,33H,7-10,14-15H2,1H3,(H,34,35)/t16-,17?,24?/m1/s1. The van der Waals surface area contributed by atoms with E-state index in [0.717, 1.165) is 18.4 Å². The molecule has 0 bridgehead atoms. The van der Waals surface area contributed by atoms with Gasteiger partial charge in [0.25, 0.3) is 0 Å². The number of carbonyl (C=O) groups excluding carboxylic acids is 1. The second-order valence-corrected chi connectivity index (χ2v) is 9.64. The summed E-state index contributed by atoms with van der Waals surface area (Å²) in [5.74, 6) is -0.234. The number of carbonyl (C=O) groups is 1. The van der Waals surface area contributed by atoms with Crippen LogP contribution >= 0.6 is 0 Å². The second kappa shape index (κ2) is 10.0. The van der Waals surface area contributed by atoms with Crippen molar-refractivity contribution < 1.29 is 35.9 Å². The van der Waals surface area contributed by atoms with Crippen LogP contribution in [0.15, 0.2) is 48.5 Å². The maximum Gasteiger partial charge on any atom is 0.416 e. The molecule has 4 rings (SSSR count). The van der Waals surface area contributed by atoms with Gasteiger partial charge in [0.1, 0.15) is 0 Å². The summed E-state index contributed by atoms with van der Waals surface area (Å²) < 4.78 is 85.7. The van der Waals surface area contributed by atoms with Crippen LogP contribution in [0.1, 0.15) is 61.0 Å². The molecule has 1 saturated carbocycles. The van der Waals surface area contributed by atoms with Gasteiger partial charge in [0.05, 0.1) is 35.3 Å². The number of rotatable bonds is 7. The lowest BCUT2D eigenvalue weighted by molar-refractivity contribution is -0.143. The number of nitrogens with one attached hydrogen (secondary N) is 2. The van der Waals surface area contributed by atoms with Crippen LogP contribution in [-0.4, -0.2) is 25.1 Å². The van der Waals surface area contributed by atoms with Crippen LogP contribution in [-0.2, 0) is 27.4 Å². The first kappa shape index (κ1) is 26.5. The molecular weight excluding hydrogens is 486 g/mol. The molecule has 2 fully saturated rings. The summed E-state index contributed by atoms with van der Waals surface area (Å²) in [6.45, 7) is 1.82. The van der Waals surface area contributed by atoms with E-state index < -0.39 is 35.1 Å². The summed E-state index contributed by atoms with van der Waals surface area (Å²) in [5, 5.41) is 6.41. The summed E-state index contributed by atoms with van der Waals surface area (Å²) in [4.78, 5) is 12.5. The molecule has 2 unspecified atom stereocenters. The van der Waals surface area contributed by atoms with Crippen LogP contribution in [0.2, 0.25) is 0 Å². The number of hydrogen-bond acceptors (Lipinski definition) is 3. The highest BCUT2D eigenvalue weighted by Gasteiger charge is 2.41. The normalized spacial score (nSPS) is 23.8. The summed E-state index contributed by atoms with van der Waals surface area (Å²) in [7, 11) is 0. The highest BCUT2D eigenvalue weighted by atomic mass is 19.4. The first-order valence-corrected chi connectivity index (χ1v) is 11.9. The Balaban J connectivity index is 1.53. The van der Waals surface area contributed by atoms with Crippen LogP contribution in [0.25, 0.3) is 0 Å². The number of alkyl halides is 6. The van der Waals surface area contributed by atoms with E-state index in [-0.39, 0.29) is 36.1 Å². The Labute approximate surface area is 205 Å². The predicted octanol–water partition coefficient (Wildman–Crippen LogP) is 5.98. The van der Waals surface area contributed by atoms with E-state index in [2.05, 4.69) is 10.6 Å². The molecule has 2 aliphatic rings. The van der Waals surface area contributed by atoms with Gasteiger partial charge in [0.15, 0.2) is 0 Å². The van der Waals surface area contributed by atoms with Gasteiger partial charge in [0.2, 0.25) is 5.91 Å². The fourth-order valence-corrected chi connectivity index (χ4v) is 4.49. The number of amides is 1. The van der Waals surface area contributed by atoms with Gasteiger partial charge < -0.3 is 15.4 Å². The fourth-order valence-electron chi connectivity index (χ4n) is 4.49.